The fraction of sp³-hybridized carbons (Fsp3) is 0.345. The third-order valence-electron chi connectivity index (χ3n) is 6.39. The maximum Gasteiger partial charge on any atom is 0.407 e. The van der Waals surface area contributed by atoms with E-state index in [-0.39, 0.29) is 19.4 Å². The summed E-state index contributed by atoms with van der Waals surface area (Å²) in [4.78, 5) is 16.5. The number of ether oxygens (including phenoxy) is 3. The molecule has 9 nitrogen and oxygen atoms in total. The zero-order valence-corrected chi connectivity index (χ0v) is 21.2. The molecule has 1 amide bonds. The van der Waals surface area contributed by atoms with Crippen molar-refractivity contribution in [3.63, 3.8) is 0 Å². The molecule has 1 saturated heterocycles. The Morgan fingerprint density at radius 3 is 2.82 bits per heavy atom. The highest BCUT2D eigenvalue weighted by atomic mass is 16.5. The first-order chi connectivity index (χ1) is 18.7. The molecule has 1 unspecified atom stereocenters. The van der Waals surface area contributed by atoms with Crippen LogP contribution in [0.5, 0.6) is 5.75 Å². The van der Waals surface area contributed by atoms with Gasteiger partial charge in [0.05, 0.1) is 30.1 Å². The molecule has 2 N–H and O–H groups in total. The van der Waals surface area contributed by atoms with Gasteiger partial charge in [-0.2, -0.15) is 5.10 Å². The molecule has 0 aliphatic carbocycles. The summed E-state index contributed by atoms with van der Waals surface area (Å²) in [6.45, 7) is 1.68. The second kappa shape index (κ2) is 12.5. The summed E-state index contributed by atoms with van der Waals surface area (Å²) < 4.78 is 19.2. The second-order valence-electron chi connectivity index (χ2n) is 9.16. The van der Waals surface area contributed by atoms with E-state index in [0.717, 1.165) is 41.4 Å². The predicted octanol–water partition coefficient (Wildman–Crippen LogP) is 4.99. The third kappa shape index (κ3) is 6.30. The third-order valence-corrected chi connectivity index (χ3v) is 6.39. The standard InChI is InChI=1S/C29H32N4O5/c34-19-22-10-6-11-25(31-22)28-24-18-23(13-14-26(24)33(32-28)27-12-4-5-16-37-27)36-17-7-15-30-29(35)38-20-21-8-2-1-3-9-21/h1-3,6,8-11,13-14,18,27,34H,4-5,7,12,15-17,19-20H2,(H,30,35). The zero-order valence-electron chi connectivity index (χ0n) is 21.2. The molecule has 0 radical (unpaired) electrons. The first-order valence-corrected chi connectivity index (χ1v) is 13.0. The minimum Gasteiger partial charge on any atom is -0.494 e. The largest absolute Gasteiger partial charge is 0.494 e. The summed E-state index contributed by atoms with van der Waals surface area (Å²) in [6.07, 6.45) is 3.10. The van der Waals surface area contributed by atoms with Crippen LogP contribution in [-0.4, -0.2) is 45.7 Å². The van der Waals surface area contributed by atoms with Crippen LogP contribution >= 0.6 is 0 Å². The molecule has 38 heavy (non-hydrogen) atoms. The Kier molecular flexibility index (Phi) is 8.47. The molecule has 2 aromatic carbocycles. The Morgan fingerprint density at radius 2 is 2.00 bits per heavy atom. The molecule has 2 aromatic heterocycles. The van der Waals surface area contributed by atoms with E-state index in [1.54, 1.807) is 6.07 Å². The van der Waals surface area contributed by atoms with Gasteiger partial charge in [0.2, 0.25) is 0 Å². The summed E-state index contributed by atoms with van der Waals surface area (Å²) >= 11 is 0. The van der Waals surface area contributed by atoms with Gasteiger partial charge < -0.3 is 24.6 Å². The van der Waals surface area contributed by atoms with E-state index in [1.807, 2.05) is 65.3 Å². The smallest absolute Gasteiger partial charge is 0.407 e. The lowest BCUT2D eigenvalue weighted by molar-refractivity contribution is -0.0365. The fourth-order valence-electron chi connectivity index (χ4n) is 4.46. The van der Waals surface area contributed by atoms with Crippen LogP contribution < -0.4 is 10.1 Å². The summed E-state index contributed by atoms with van der Waals surface area (Å²) in [6, 6.07) is 21.0. The molecule has 4 aromatic rings. The van der Waals surface area contributed by atoms with Gasteiger partial charge in [-0.1, -0.05) is 36.4 Å². The van der Waals surface area contributed by atoms with Gasteiger partial charge in [-0.3, -0.25) is 0 Å². The molecule has 9 heteroatoms. The van der Waals surface area contributed by atoms with E-state index in [2.05, 4.69) is 10.3 Å². The number of aromatic nitrogens is 3. The van der Waals surface area contributed by atoms with E-state index in [9.17, 15) is 9.90 Å². The predicted molar refractivity (Wildman–Crippen MR) is 142 cm³/mol. The van der Waals surface area contributed by atoms with Gasteiger partial charge in [-0.25, -0.2) is 14.5 Å². The first-order valence-electron chi connectivity index (χ1n) is 13.0. The quantitative estimate of drug-likeness (QED) is 0.286. The van der Waals surface area contributed by atoms with Crippen molar-refractivity contribution in [3.8, 4) is 17.1 Å². The summed E-state index contributed by atoms with van der Waals surface area (Å²) in [5.74, 6) is 0.702. The SMILES string of the molecule is O=C(NCCCOc1ccc2c(c1)c(-c1cccc(CO)n1)nn2C1CCCCO1)OCc1ccccc1. The number of carbonyl (C=O) groups excluding carboxylic acids is 1. The van der Waals surface area contributed by atoms with Crippen LogP contribution in [0.4, 0.5) is 4.79 Å². The number of amides is 1. The second-order valence-corrected chi connectivity index (χ2v) is 9.16. The Bertz CT molecular complexity index is 1350. The number of alkyl carbamates (subject to hydrolysis) is 1. The topological polar surface area (TPSA) is 108 Å². The van der Waals surface area contributed by atoms with Crippen molar-refractivity contribution >= 4 is 17.0 Å². The van der Waals surface area contributed by atoms with Crippen molar-refractivity contribution in [1.82, 2.24) is 20.1 Å². The molecule has 198 valence electrons. The molecule has 1 aliphatic rings. The summed E-state index contributed by atoms with van der Waals surface area (Å²) in [5.41, 5.74) is 3.88. The maximum atomic E-state index is 11.9. The number of benzene rings is 2. The number of hydrogen-bond acceptors (Lipinski definition) is 7. The Balaban J connectivity index is 1.23. The lowest BCUT2D eigenvalue weighted by Crippen LogP contribution is -2.26. The molecule has 1 fully saturated rings. The van der Waals surface area contributed by atoms with Crippen LogP contribution in [-0.2, 0) is 22.7 Å². The average molecular weight is 517 g/mol. The van der Waals surface area contributed by atoms with Gasteiger partial charge in [0, 0.05) is 18.5 Å². The lowest BCUT2D eigenvalue weighted by atomic mass is 10.1. The minimum absolute atomic E-state index is 0.125. The van der Waals surface area contributed by atoms with Gasteiger partial charge >= 0.3 is 6.09 Å². The highest BCUT2D eigenvalue weighted by Crippen LogP contribution is 2.34. The van der Waals surface area contributed by atoms with Crippen LogP contribution in [0.25, 0.3) is 22.3 Å². The van der Waals surface area contributed by atoms with Crippen molar-refractivity contribution in [2.24, 2.45) is 0 Å². The fourth-order valence-corrected chi connectivity index (χ4v) is 4.46. The molecule has 0 spiro atoms. The number of nitrogens with zero attached hydrogens (tertiary/aromatic N) is 3. The minimum atomic E-state index is -0.449. The van der Waals surface area contributed by atoms with Crippen molar-refractivity contribution in [1.29, 1.82) is 0 Å². The molecule has 1 atom stereocenters. The Morgan fingerprint density at radius 1 is 1.11 bits per heavy atom. The van der Waals surface area contributed by atoms with Gasteiger partial charge in [0.1, 0.15) is 18.1 Å². The van der Waals surface area contributed by atoms with Crippen molar-refractivity contribution in [2.75, 3.05) is 19.8 Å². The number of aliphatic hydroxyl groups is 1. The van der Waals surface area contributed by atoms with Crippen molar-refractivity contribution in [2.45, 2.75) is 45.1 Å². The van der Waals surface area contributed by atoms with Gasteiger partial charge in [-0.15, -0.1) is 0 Å². The summed E-state index contributed by atoms with van der Waals surface area (Å²) in [5, 5.41) is 18.1. The molecule has 3 heterocycles. The monoisotopic (exact) mass is 516 g/mol. The number of aliphatic hydroxyl groups excluding tert-OH is 1. The van der Waals surface area contributed by atoms with E-state index >= 15 is 0 Å². The lowest BCUT2D eigenvalue weighted by Gasteiger charge is -2.23. The zero-order chi connectivity index (χ0) is 26.2. The number of pyridine rings is 1. The van der Waals surface area contributed by atoms with Crippen LogP contribution in [0.1, 0.15) is 43.2 Å². The van der Waals surface area contributed by atoms with Crippen molar-refractivity contribution < 1.29 is 24.1 Å². The number of nitrogens with one attached hydrogen (secondary N) is 1. The molecule has 1 aliphatic heterocycles. The molecular formula is C29H32N4O5. The van der Waals surface area contributed by atoms with E-state index in [1.165, 1.54) is 0 Å². The van der Waals surface area contributed by atoms with Crippen LogP contribution in [0.3, 0.4) is 0 Å². The summed E-state index contributed by atoms with van der Waals surface area (Å²) in [7, 11) is 0. The highest BCUT2D eigenvalue weighted by molar-refractivity contribution is 5.93. The van der Waals surface area contributed by atoms with Crippen LogP contribution in [0.2, 0.25) is 0 Å². The molecular weight excluding hydrogens is 484 g/mol. The van der Waals surface area contributed by atoms with Gasteiger partial charge in [0.15, 0.2) is 6.23 Å². The first kappa shape index (κ1) is 25.7. The van der Waals surface area contributed by atoms with Gasteiger partial charge in [0.25, 0.3) is 0 Å². The average Bonchev–Trinajstić information content (AvgIpc) is 3.36. The Labute approximate surface area is 221 Å². The normalized spacial score (nSPS) is 15.3. The number of rotatable bonds is 10. The van der Waals surface area contributed by atoms with Gasteiger partial charge in [-0.05, 0) is 61.6 Å². The number of hydrogen-bond donors (Lipinski definition) is 2. The highest BCUT2D eigenvalue weighted by Gasteiger charge is 2.22. The molecule has 5 rings (SSSR count). The van der Waals surface area contributed by atoms with E-state index < -0.39 is 6.09 Å². The number of fused-ring (bicyclic) bond motifs is 1. The number of carbonyl (C=O) groups is 1. The van der Waals surface area contributed by atoms with E-state index in [0.29, 0.717) is 43.3 Å². The molecule has 0 saturated carbocycles. The maximum absolute atomic E-state index is 11.9. The van der Waals surface area contributed by atoms with E-state index in [4.69, 9.17) is 19.3 Å². The Hall–Kier alpha value is -3.95. The molecule has 0 bridgehead atoms. The van der Waals surface area contributed by atoms with Crippen LogP contribution in [0, 0.1) is 0 Å². The van der Waals surface area contributed by atoms with Crippen LogP contribution in [0.15, 0.2) is 66.7 Å². The van der Waals surface area contributed by atoms with Crippen molar-refractivity contribution in [3.05, 3.63) is 78.0 Å².